The number of rotatable bonds is 6. The first-order chi connectivity index (χ1) is 12.4. The zero-order valence-electron chi connectivity index (χ0n) is 14.4. The van der Waals surface area contributed by atoms with Gasteiger partial charge in [-0.1, -0.05) is 18.2 Å². The van der Waals surface area contributed by atoms with Crippen LogP contribution in [0.25, 0.3) is 0 Å². The van der Waals surface area contributed by atoms with Crippen molar-refractivity contribution in [1.29, 1.82) is 0 Å². The highest BCUT2D eigenvalue weighted by Crippen LogP contribution is 2.32. The van der Waals surface area contributed by atoms with Crippen LogP contribution in [0.2, 0.25) is 0 Å². The van der Waals surface area contributed by atoms with E-state index >= 15 is 0 Å². The Hall–Kier alpha value is -2.43. The minimum absolute atomic E-state index is 0.235. The lowest BCUT2D eigenvalue weighted by Crippen LogP contribution is -2.42. The summed E-state index contributed by atoms with van der Waals surface area (Å²) in [5.74, 6) is 3.62. The smallest absolute Gasteiger partial charge is 0.191 e. The fourth-order valence-electron chi connectivity index (χ4n) is 3.09. The second-order valence-electron chi connectivity index (χ2n) is 6.76. The summed E-state index contributed by atoms with van der Waals surface area (Å²) >= 11 is 0. The van der Waals surface area contributed by atoms with E-state index in [2.05, 4.69) is 22.8 Å². The van der Waals surface area contributed by atoms with Gasteiger partial charge in [0, 0.05) is 31.5 Å². The highest BCUT2D eigenvalue weighted by molar-refractivity contribution is 5.80. The molecule has 132 valence electrons. The summed E-state index contributed by atoms with van der Waals surface area (Å²) in [4.78, 5) is 4.79. The Morgan fingerprint density at radius 1 is 1.12 bits per heavy atom. The number of ether oxygens (including phenoxy) is 1. The van der Waals surface area contributed by atoms with Crippen LogP contribution < -0.4 is 15.4 Å². The van der Waals surface area contributed by atoms with E-state index in [1.54, 1.807) is 6.26 Å². The number of nitrogens with zero attached hydrogens (tertiary/aromatic N) is 1. The van der Waals surface area contributed by atoms with Crippen molar-refractivity contribution in [2.75, 3.05) is 19.7 Å². The van der Waals surface area contributed by atoms with Crippen LogP contribution >= 0.6 is 0 Å². The monoisotopic (exact) mass is 339 g/mol. The molecular formula is C20H25N3O2. The second kappa shape index (κ2) is 7.64. The molecule has 2 aliphatic rings. The molecule has 1 unspecified atom stereocenters. The molecule has 5 nitrogen and oxygen atoms in total. The van der Waals surface area contributed by atoms with Crippen LogP contribution in [0.3, 0.4) is 0 Å². The lowest BCUT2D eigenvalue weighted by atomic mass is 10.0. The summed E-state index contributed by atoms with van der Waals surface area (Å²) in [5.41, 5.74) is 1.21. The molecule has 1 saturated carbocycles. The molecule has 1 aliphatic heterocycles. The lowest BCUT2D eigenvalue weighted by molar-refractivity contribution is 0.261. The van der Waals surface area contributed by atoms with Crippen LogP contribution in [0.5, 0.6) is 5.75 Å². The largest absolute Gasteiger partial charge is 0.493 e. The summed E-state index contributed by atoms with van der Waals surface area (Å²) in [6.07, 6.45) is 6.13. The van der Waals surface area contributed by atoms with Gasteiger partial charge in [-0.2, -0.15) is 0 Å². The molecule has 1 atom stereocenters. The number of fused-ring (bicyclic) bond motifs is 1. The van der Waals surface area contributed by atoms with E-state index in [4.69, 9.17) is 14.1 Å². The van der Waals surface area contributed by atoms with Crippen LogP contribution in [0.1, 0.15) is 36.6 Å². The highest BCUT2D eigenvalue weighted by Gasteiger charge is 2.23. The maximum Gasteiger partial charge on any atom is 0.191 e. The van der Waals surface area contributed by atoms with Gasteiger partial charge in [0.25, 0.3) is 0 Å². The quantitative estimate of drug-likeness (QED) is 0.626. The van der Waals surface area contributed by atoms with E-state index in [0.717, 1.165) is 55.9 Å². The Morgan fingerprint density at radius 2 is 2.04 bits per heavy atom. The minimum atomic E-state index is 0.235. The van der Waals surface area contributed by atoms with E-state index in [9.17, 15) is 0 Å². The summed E-state index contributed by atoms with van der Waals surface area (Å²) in [6, 6.07) is 12.4. The molecule has 1 aromatic carbocycles. The normalized spacial score (nSPS) is 19.8. The van der Waals surface area contributed by atoms with Gasteiger partial charge in [-0.15, -0.1) is 0 Å². The van der Waals surface area contributed by atoms with E-state index in [1.807, 2.05) is 24.3 Å². The lowest BCUT2D eigenvalue weighted by Gasteiger charge is -2.28. The van der Waals surface area contributed by atoms with Crippen molar-refractivity contribution in [3.63, 3.8) is 0 Å². The predicted molar refractivity (Wildman–Crippen MR) is 97.9 cm³/mol. The zero-order chi connectivity index (χ0) is 16.9. The number of nitrogens with one attached hydrogen (secondary N) is 2. The molecule has 1 aliphatic carbocycles. The molecule has 2 aromatic rings. The Labute approximate surface area is 148 Å². The van der Waals surface area contributed by atoms with Crippen LogP contribution in [0.4, 0.5) is 0 Å². The first kappa shape index (κ1) is 16.1. The van der Waals surface area contributed by atoms with Crippen molar-refractivity contribution < 1.29 is 9.15 Å². The Balaban J connectivity index is 1.40. The van der Waals surface area contributed by atoms with Crippen molar-refractivity contribution in [1.82, 2.24) is 10.6 Å². The van der Waals surface area contributed by atoms with Gasteiger partial charge in [0.05, 0.1) is 18.9 Å². The van der Waals surface area contributed by atoms with Crippen LogP contribution in [0.15, 0.2) is 52.1 Å². The third-order valence-corrected chi connectivity index (χ3v) is 4.72. The SMILES string of the molecule is c1coc(CCNC(=NCC2CC2)NC2CCOc3ccccc32)c1. The first-order valence-corrected chi connectivity index (χ1v) is 9.17. The van der Waals surface area contributed by atoms with Crippen molar-refractivity contribution >= 4 is 5.96 Å². The molecule has 0 spiro atoms. The predicted octanol–water partition coefficient (Wildman–Crippen LogP) is 3.29. The molecule has 2 N–H and O–H groups in total. The second-order valence-corrected chi connectivity index (χ2v) is 6.76. The fourth-order valence-corrected chi connectivity index (χ4v) is 3.09. The molecule has 0 amide bonds. The van der Waals surface area contributed by atoms with Gasteiger partial charge in [0.15, 0.2) is 5.96 Å². The molecule has 4 rings (SSSR count). The Bertz CT molecular complexity index is 707. The molecule has 5 heteroatoms. The molecule has 0 saturated heterocycles. The maximum atomic E-state index is 5.76. The van der Waals surface area contributed by atoms with Gasteiger partial charge >= 0.3 is 0 Å². The Kier molecular flexibility index (Phi) is 4.91. The van der Waals surface area contributed by atoms with E-state index in [-0.39, 0.29) is 6.04 Å². The average molecular weight is 339 g/mol. The van der Waals surface area contributed by atoms with E-state index < -0.39 is 0 Å². The van der Waals surface area contributed by atoms with Gasteiger partial charge < -0.3 is 19.8 Å². The minimum Gasteiger partial charge on any atom is -0.493 e. The standard InChI is InChI=1S/C20H25N3O2/c1-2-6-19-17(5-1)18(10-13-25-19)23-20(22-14-15-7-8-15)21-11-9-16-4-3-12-24-16/h1-6,12,15,18H,7-11,13-14H2,(H2,21,22,23). The molecule has 2 heterocycles. The van der Waals surface area contributed by atoms with E-state index in [1.165, 1.54) is 18.4 Å². The van der Waals surface area contributed by atoms with Gasteiger partial charge in [0.1, 0.15) is 11.5 Å². The van der Waals surface area contributed by atoms with Crippen molar-refractivity contribution in [3.8, 4) is 5.75 Å². The van der Waals surface area contributed by atoms with Gasteiger partial charge in [-0.3, -0.25) is 4.99 Å². The highest BCUT2D eigenvalue weighted by atomic mass is 16.5. The fraction of sp³-hybridized carbons (Fsp3) is 0.450. The number of hydrogen-bond acceptors (Lipinski definition) is 3. The molecule has 0 radical (unpaired) electrons. The van der Waals surface area contributed by atoms with Gasteiger partial charge in [-0.25, -0.2) is 0 Å². The summed E-state index contributed by atoms with van der Waals surface area (Å²) in [5, 5.41) is 7.06. The van der Waals surface area contributed by atoms with Crippen LogP contribution in [-0.4, -0.2) is 25.7 Å². The molecule has 1 aromatic heterocycles. The third kappa shape index (κ3) is 4.35. The maximum absolute atomic E-state index is 5.76. The van der Waals surface area contributed by atoms with Gasteiger partial charge in [-0.05, 0) is 37.0 Å². The molecular weight excluding hydrogens is 314 g/mol. The summed E-state index contributed by atoms with van der Waals surface area (Å²) in [6.45, 7) is 2.44. The summed E-state index contributed by atoms with van der Waals surface area (Å²) in [7, 11) is 0. The van der Waals surface area contributed by atoms with Gasteiger partial charge in [0.2, 0.25) is 0 Å². The number of aliphatic imine (C=N–C) groups is 1. The zero-order valence-corrected chi connectivity index (χ0v) is 14.4. The van der Waals surface area contributed by atoms with Crippen LogP contribution in [-0.2, 0) is 6.42 Å². The Morgan fingerprint density at radius 3 is 2.88 bits per heavy atom. The first-order valence-electron chi connectivity index (χ1n) is 9.17. The average Bonchev–Trinajstić information content (AvgIpc) is 3.33. The van der Waals surface area contributed by atoms with Crippen molar-refractivity contribution in [2.45, 2.75) is 31.7 Å². The van der Waals surface area contributed by atoms with Crippen molar-refractivity contribution in [2.24, 2.45) is 10.9 Å². The topological polar surface area (TPSA) is 58.8 Å². The number of guanidine groups is 1. The molecule has 0 bridgehead atoms. The molecule has 1 fully saturated rings. The van der Waals surface area contributed by atoms with Crippen LogP contribution in [0, 0.1) is 5.92 Å². The number of benzene rings is 1. The van der Waals surface area contributed by atoms with Crippen molar-refractivity contribution in [3.05, 3.63) is 54.0 Å². The summed E-state index contributed by atoms with van der Waals surface area (Å²) < 4.78 is 11.2. The third-order valence-electron chi connectivity index (χ3n) is 4.72. The number of furan rings is 1. The van der Waals surface area contributed by atoms with E-state index in [0.29, 0.717) is 0 Å². The molecule has 25 heavy (non-hydrogen) atoms. The number of para-hydroxylation sites is 1. The number of hydrogen-bond donors (Lipinski definition) is 2.